The van der Waals surface area contributed by atoms with Crippen LogP contribution in [0.2, 0.25) is 0 Å². The van der Waals surface area contributed by atoms with Gasteiger partial charge in [0.05, 0.1) is 11.0 Å². The predicted molar refractivity (Wildman–Crippen MR) is 79.1 cm³/mol. The summed E-state index contributed by atoms with van der Waals surface area (Å²) in [6.45, 7) is 4.06. The smallest absolute Gasteiger partial charge is 0.240 e. The lowest BCUT2D eigenvalue weighted by molar-refractivity contribution is 0.101. The first kappa shape index (κ1) is 15.5. The summed E-state index contributed by atoms with van der Waals surface area (Å²) < 4.78 is 27.4. The quantitative estimate of drug-likeness (QED) is 0.897. The number of benzene rings is 1. The Balaban J connectivity index is 2.19. The maximum Gasteiger partial charge on any atom is 0.240 e. The highest BCUT2D eigenvalue weighted by molar-refractivity contribution is 7.89. The highest BCUT2D eigenvalue weighted by atomic mass is 32.2. The molecule has 0 bridgehead atoms. The van der Waals surface area contributed by atoms with E-state index in [1.807, 2.05) is 19.9 Å². The van der Waals surface area contributed by atoms with Gasteiger partial charge in [0.15, 0.2) is 0 Å². The van der Waals surface area contributed by atoms with E-state index in [1.54, 1.807) is 18.2 Å². The minimum Gasteiger partial charge on any atom is -0.391 e. The SMILES string of the molecule is CC(C)c1cccc(S(=O)(=O)NC2CCCCC2O)c1. The van der Waals surface area contributed by atoms with Crippen molar-refractivity contribution >= 4 is 10.0 Å². The fourth-order valence-corrected chi connectivity index (χ4v) is 3.92. The molecule has 0 spiro atoms. The van der Waals surface area contributed by atoms with E-state index in [4.69, 9.17) is 0 Å². The van der Waals surface area contributed by atoms with E-state index in [9.17, 15) is 13.5 Å². The molecule has 1 aliphatic carbocycles. The minimum absolute atomic E-state index is 0.279. The highest BCUT2D eigenvalue weighted by Gasteiger charge is 2.28. The van der Waals surface area contributed by atoms with Crippen LogP contribution < -0.4 is 4.72 Å². The van der Waals surface area contributed by atoms with Crippen molar-refractivity contribution in [1.29, 1.82) is 0 Å². The zero-order valence-electron chi connectivity index (χ0n) is 12.0. The third-order valence-electron chi connectivity index (χ3n) is 3.87. The Bertz CT molecular complexity index is 554. The molecule has 1 saturated carbocycles. The summed E-state index contributed by atoms with van der Waals surface area (Å²) in [6.07, 6.45) is 2.70. The molecule has 0 saturated heterocycles. The number of aliphatic hydroxyl groups excluding tert-OH is 1. The van der Waals surface area contributed by atoms with Crippen LogP contribution in [0.5, 0.6) is 0 Å². The lowest BCUT2D eigenvalue weighted by atomic mass is 9.93. The van der Waals surface area contributed by atoms with Gasteiger partial charge < -0.3 is 5.11 Å². The lowest BCUT2D eigenvalue weighted by Crippen LogP contribution is -2.44. The second kappa shape index (κ2) is 6.24. The van der Waals surface area contributed by atoms with Crippen molar-refractivity contribution in [2.75, 3.05) is 0 Å². The zero-order valence-corrected chi connectivity index (χ0v) is 12.9. The minimum atomic E-state index is -3.56. The average Bonchev–Trinajstić information content (AvgIpc) is 2.41. The molecule has 1 aromatic rings. The first-order valence-electron chi connectivity index (χ1n) is 7.20. The molecule has 1 fully saturated rings. The van der Waals surface area contributed by atoms with Gasteiger partial charge in [-0.05, 0) is 36.5 Å². The lowest BCUT2D eigenvalue weighted by Gasteiger charge is -2.28. The van der Waals surface area contributed by atoms with Gasteiger partial charge >= 0.3 is 0 Å². The zero-order chi connectivity index (χ0) is 14.8. The molecule has 1 aliphatic rings. The molecule has 2 N–H and O–H groups in total. The van der Waals surface area contributed by atoms with Gasteiger partial charge in [-0.2, -0.15) is 0 Å². The van der Waals surface area contributed by atoms with E-state index < -0.39 is 16.1 Å². The van der Waals surface area contributed by atoms with Crippen LogP contribution in [0.3, 0.4) is 0 Å². The van der Waals surface area contributed by atoms with Crippen molar-refractivity contribution < 1.29 is 13.5 Å². The summed E-state index contributed by atoms with van der Waals surface area (Å²) in [5.74, 6) is 0.283. The van der Waals surface area contributed by atoms with E-state index in [0.717, 1.165) is 18.4 Å². The normalized spacial score (nSPS) is 24.0. The van der Waals surface area contributed by atoms with Crippen molar-refractivity contribution in [3.63, 3.8) is 0 Å². The second-order valence-corrected chi connectivity index (χ2v) is 7.52. The van der Waals surface area contributed by atoms with Crippen LogP contribution >= 0.6 is 0 Å². The summed E-state index contributed by atoms with van der Waals surface area (Å²) in [5, 5.41) is 9.90. The van der Waals surface area contributed by atoms with Crippen LogP contribution in [0.15, 0.2) is 29.2 Å². The number of nitrogens with one attached hydrogen (secondary N) is 1. The van der Waals surface area contributed by atoms with E-state index in [0.29, 0.717) is 12.8 Å². The van der Waals surface area contributed by atoms with Gasteiger partial charge in [-0.3, -0.25) is 0 Å². The van der Waals surface area contributed by atoms with Crippen LogP contribution in [-0.2, 0) is 10.0 Å². The van der Waals surface area contributed by atoms with Gasteiger partial charge in [0.2, 0.25) is 10.0 Å². The first-order valence-corrected chi connectivity index (χ1v) is 8.69. The first-order chi connectivity index (χ1) is 9.40. The van der Waals surface area contributed by atoms with Gasteiger partial charge in [-0.25, -0.2) is 13.1 Å². The third-order valence-corrected chi connectivity index (χ3v) is 5.36. The summed E-state index contributed by atoms with van der Waals surface area (Å²) in [6, 6.07) is 6.64. The number of hydrogen-bond acceptors (Lipinski definition) is 3. The Morgan fingerprint density at radius 3 is 2.60 bits per heavy atom. The van der Waals surface area contributed by atoms with Gasteiger partial charge in [0.1, 0.15) is 0 Å². The molecule has 1 aromatic carbocycles. The average molecular weight is 297 g/mol. The largest absolute Gasteiger partial charge is 0.391 e. The van der Waals surface area contributed by atoms with E-state index in [-0.39, 0.29) is 16.9 Å². The fourth-order valence-electron chi connectivity index (χ4n) is 2.56. The molecule has 0 aromatic heterocycles. The molecule has 0 aliphatic heterocycles. The third kappa shape index (κ3) is 3.59. The molecular weight excluding hydrogens is 274 g/mol. The molecule has 2 atom stereocenters. The van der Waals surface area contributed by atoms with Gasteiger partial charge in [0, 0.05) is 6.04 Å². The highest BCUT2D eigenvalue weighted by Crippen LogP contribution is 2.22. The van der Waals surface area contributed by atoms with E-state index >= 15 is 0 Å². The molecule has 0 radical (unpaired) electrons. The molecule has 20 heavy (non-hydrogen) atoms. The molecule has 2 rings (SSSR count). The molecule has 112 valence electrons. The number of rotatable bonds is 4. The molecular formula is C15H23NO3S. The second-order valence-electron chi connectivity index (χ2n) is 5.81. The van der Waals surface area contributed by atoms with Crippen molar-refractivity contribution in [3.8, 4) is 0 Å². The van der Waals surface area contributed by atoms with Crippen LogP contribution in [0.25, 0.3) is 0 Å². The van der Waals surface area contributed by atoms with E-state index in [1.165, 1.54) is 0 Å². The summed E-state index contributed by atoms with van der Waals surface area (Å²) in [4.78, 5) is 0.279. The Labute approximate surface area is 121 Å². The van der Waals surface area contributed by atoms with Crippen LogP contribution in [0.4, 0.5) is 0 Å². The van der Waals surface area contributed by atoms with Crippen molar-refractivity contribution in [3.05, 3.63) is 29.8 Å². The fraction of sp³-hybridized carbons (Fsp3) is 0.600. The number of aliphatic hydroxyl groups is 1. The Morgan fingerprint density at radius 1 is 1.25 bits per heavy atom. The summed E-state index contributed by atoms with van der Waals surface area (Å²) >= 11 is 0. The molecule has 4 nitrogen and oxygen atoms in total. The number of sulfonamides is 1. The Morgan fingerprint density at radius 2 is 1.95 bits per heavy atom. The predicted octanol–water partition coefficient (Wildman–Crippen LogP) is 2.39. The Kier molecular flexibility index (Phi) is 4.83. The van der Waals surface area contributed by atoms with Gasteiger partial charge in [-0.15, -0.1) is 0 Å². The maximum atomic E-state index is 12.4. The molecule has 2 unspecified atom stereocenters. The maximum absolute atomic E-state index is 12.4. The summed E-state index contributed by atoms with van der Waals surface area (Å²) in [5.41, 5.74) is 0.997. The van der Waals surface area contributed by atoms with Crippen molar-refractivity contribution in [1.82, 2.24) is 4.72 Å². The van der Waals surface area contributed by atoms with E-state index in [2.05, 4.69) is 4.72 Å². The van der Waals surface area contributed by atoms with Gasteiger partial charge in [-0.1, -0.05) is 38.8 Å². The standard InChI is InChI=1S/C15H23NO3S/c1-11(2)12-6-5-7-13(10-12)20(18,19)16-14-8-3-4-9-15(14)17/h5-7,10-11,14-17H,3-4,8-9H2,1-2H3. The topological polar surface area (TPSA) is 66.4 Å². The van der Waals surface area contributed by atoms with Crippen LogP contribution in [0, 0.1) is 0 Å². The monoisotopic (exact) mass is 297 g/mol. The molecule has 5 heteroatoms. The van der Waals surface area contributed by atoms with Crippen molar-refractivity contribution in [2.45, 2.75) is 62.5 Å². The van der Waals surface area contributed by atoms with Crippen LogP contribution in [0.1, 0.15) is 51.0 Å². The van der Waals surface area contributed by atoms with Crippen molar-refractivity contribution in [2.24, 2.45) is 0 Å². The number of hydrogen-bond donors (Lipinski definition) is 2. The molecule has 0 heterocycles. The Hall–Kier alpha value is -0.910. The van der Waals surface area contributed by atoms with Gasteiger partial charge in [0.25, 0.3) is 0 Å². The van der Waals surface area contributed by atoms with Crippen LogP contribution in [-0.4, -0.2) is 25.7 Å². The summed E-state index contributed by atoms with van der Waals surface area (Å²) in [7, 11) is -3.56. The molecule has 0 amide bonds.